The molecule has 0 unspecified atom stereocenters. The molecule has 3 rings (SSSR count). The number of carbonyl (C=O) groups excluding carboxylic acids is 1. The summed E-state index contributed by atoms with van der Waals surface area (Å²) in [4.78, 5) is 14.3. The molecule has 1 aromatic carbocycles. The summed E-state index contributed by atoms with van der Waals surface area (Å²) in [6.07, 6.45) is 6.07. The van der Waals surface area contributed by atoms with Crippen LogP contribution in [0.3, 0.4) is 0 Å². The molecule has 2 saturated heterocycles. The maximum absolute atomic E-state index is 12.8. The summed E-state index contributed by atoms with van der Waals surface area (Å²) in [6, 6.07) is 6.39. The van der Waals surface area contributed by atoms with E-state index in [2.05, 4.69) is 5.32 Å². The monoisotopic (exact) mass is 410 g/mol. The zero-order valence-corrected chi connectivity index (χ0v) is 17.5. The number of quaternary nitrogens is 1. The van der Waals surface area contributed by atoms with E-state index in [0.29, 0.717) is 32.0 Å². The van der Waals surface area contributed by atoms with Crippen LogP contribution in [0.4, 0.5) is 5.69 Å². The fourth-order valence-corrected chi connectivity index (χ4v) is 5.35. The van der Waals surface area contributed by atoms with Crippen LogP contribution in [-0.4, -0.2) is 64.1 Å². The molecule has 0 bridgehead atoms. The second-order valence-electron chi connectivity index (χ2n) is 7.68. The molecule has 7 nitrogen and oxygen atoms in total. The van der Waals surface area contributed by atoms with Crippen LogP contribution < -0.4 is 10.2 Å². The van der Waals surface area contributed by atoms with E-state index in [4.69, 9.17) is 4.74 Å². The first-order chi connectivity index (χ1) is 13.5. The minimum atomic E-state index is -3.57. The number of ether oxygens (including phenoxy) is 1. The molecule has 2 fully saturated rings. The SMILES string of the molecule is C[C@H](C(=O)Nc1cccc(S(=O)(=O)N2CCOCC2)c1)[NH+]1CCCCCCC1. The van der Waals surface area contributed by atoms with Crippen molar-refractivity contribution in [2.45, 2.75) is 50.0 Å². The molecule has 0 aromatic heterocycles. The lowest BCUT2D eigenvalue weighted by Gasteiger charge is -2.27. The Hall–Kier alpha value is -1.48. The standard InChI is InChI=1S/C20H31N3O4S/c1-17(22-10-5-3-2-4-6-11-22)20(24)21-18-8-7-9-19(16-18)28(25,26)23-12-14-27-15-13-23/h7-9,16-17H,2-6,10-15H2,1H3,(H,21,24)/p+1/t17-/m1/s1. The van der Waals surface area contributed by atoms with Gasteiger partial charge in [-0.05, 0) is 50.8 Å². The molecule has 0 spiro atoms. The Morgan fingerprint density at radius 1 is 1.11 bits per heavy atom. The van der Waals surface area contributed by atoms with Crippen LogP contribution in [-0.2, 0) is 19.6 Å². The average molecular weight is 411 g/mol. The fraction of sp³-hybridized carbons (Fsp3) is 0.650. The van der Waals surface area contributed by atoms with Crippen LogP contribution in [0.25, 0.3) is 0 Å². The predicted octanol–water partition coefficient (Wildman–Crippen LogP) is 0.884. The molecule has 0 radical (unpaired) electrons. The highest BCUT2D eigenvalue weighted by molar-refractivity contribution is 7.89. The topological polar surface area (TPSA) is 80.2 Å². The van der Waals surface area contributed by atoms with Crippen molar-refractivity contribution in [3.8, 4) is 0 Å². The van der Waals surface area contributed by atoms with Gasteiger partial charge in [0.15, 0.2) is 6.04 Å². The highest BCUT2D eigenvalue weighted by Crippen LogP contribution is 2.20. The molecule has 1 aromatic rings. The number of sulfonamides is 1. The molecule has 8 heteroatoms. The van der Waals surface area contributed by atoms with Gasteiger partial charge in [-0.25, -0.2) is 8.42 Å². The quantitative estimate of drug-likeness (QED) is 0.755. The van der Waals surface area contributed by atoms with Crippen molar-refractivity contribution in [1.29, 1.82) is 0 Å². The number of benzene rings is 1. The van der Waals surface area contributed by atoms with Gasteiger partial charge in [-0.2, -0.15) is 4.31 Å². The van der Waals surface area contributed by atoms with Crippen LogP contribution in [0, 0.1) is 0 Å². The van der Waals surface area contributed by atoms with Gasteiger partial charge in [0, 0.05) is 18.8 Å². The van der Waals surface area contributed by atoms with Gasteiger partial charge in [0.05, 0.1) is 31.2 Å². The van der Waals surface area contributed by atoms with Crippen molar-refractivity contribution < 1.29 is 22.8 Å². The third kappa shape index (κ3) is 5.31. The van der Waals surface area contributed by atoms with Crippen molar-refractivity contribution >= 4 is 21.6 Å². The lowest BCUT2D eigenvalue weighted by molar-refractivity contribution is -0.914. The Kier molecular flexibility index (Phi) is 7.45. The summed E-state index contributed by atoms with van der Waals surface area (Å²) in [5, 5.41) is 2.92. The van der Waals surface area contributed by atoms with Gasteiger partial charge in [0.1, 0.15) is 0 Å². The minimum Gasteiger partial charge on any atom is -0.379 e. The number of carbonyl (C=O) groups is 1. The first-order valence-corrected chi connectivity index (χ1v) is 11.8. The normalized spacial score (nSPS) is 21.5. The molecule has 0 saturated carbocycles. The molecule has 2 aliphatic heterocycles. The molecule has 0 aliphatic carbocycles. The van der Waals surface area contributed by atoms with E-state index >= 15 is 0 Å². The van der Waals surface area contributed by atoms with Crippen molar-refractivity contribution in [3.05, 3.63) is 24.3 Å². The van der Waals surface area contributed by atoms with Crippen LogP contribution in [0.5, 0.6) is 0 Å². The zero-order chi connectivity index (χ0) is 20.0. The number of rotatable bonds is 5. The molecule has 156 valence electrons. The van der Waals surface area contributed by atoms with E-state index in [9.17, 15) is 13.2 Å². The smallest absolute Gasteiger partial charge is 0.282 e. The van der Waals surface area contributed by atoms with Gasteiger partial charge in [-0.1, -0.05) is 12.5 Å². The number of likely N-dealkylation sites (tertiary alicyclic amines) is 1. The largest absolute Gasteiger partial charge is 0.379 e. The van der Waals surface area contributed by atoms with Gasteiger partial charge in [-0.15, -0.1) is 0 Å². The number of nitrogens with zero attached hydrogens (tertiary/aromatic N) is 1. The molecular weight excluding hydrogens is 378 g/mol. The van der Waals surface area contributed by atoms with E-state index in [0.717, 1.165) is 25.9 Å². The number of nitrogens with one attached hydrogen (secondary N) is 2. The second-order valence-corrected chi connectivity index (χ2v) is 9.62. The first-order valence-electron chi connectivity index (χ1n) is 10.3. The molecule has 2 aliphatic rings. The molecule has 28 heavy (non-hydrogen) atoms. The molecule has 1 atom stereocenters. The lowest BCUT2D eigenvalue weighted by Crippen LogP contribution is -3.16. The summed E-state index contributed by atoms with van der Waals surface area (Å²) in [5.74, 6) is -0.0588. The predicted molar refractivity (Wildman–Crippen MR) is 108 cm³/mol. The average Bonchev–Trinajstić information content (AvgIpc) is 2.68. The van der Waals surface area contributed by atoms with Crippen molar-refractivity contribution in [2.75, 3.05) is 44.7 Å². The van der Waals surface area contributed by atoms with Crippen LogP contribution >= 0.6 is 0 Å². The Morgan fingerprint density at radius 3 is 2.43 bits per heavy atom. The molecule has 2 N–H and O–H groups in total. The summed E-state index contributed by atoms with van der Waals surface area (Å²) in [7, 11) is -3.57. The third-order valence-electron chi connectivity index (χ3n) is 5.71. The molecular formula is C20H32N3O4S+. The maximum atomic E-state index is 12.8. The van der Waals surface area contributed by atoms with Crippen LogP contribution in [0.15, 0.2) is 29.2 Å². The number of anilines is 1. The van der Waals surface area contributed by atoms with Crippen molar-refractivity contribution in [3.63, 3.8) is 0 Å². The van der Waals surface area contributed by atoms with Gasteiger partial charge < -0.3 is 15.0 Å². The summed E-state index contributed by atoms with van der Waals surface area (Å²) >= 11 is 0. The van der Waals surface area contributed by atoms with E-state index in [1.807, 2.05) is 6.92 Å². The summed E-state index contributed by atoms with van der Waals surface area (Å²) in [6.45, 7) is 5.51. The number of hydrogen-bond acceptors (Lipinski definition) is 4. The fourth-order valence-electron chi connectivity index (χ4n) is 3.90. The van der Waals surface area contributed by atoms with Crippen LogP contribution in [0.2, 0.25) is 0 Å². The Morgan fingerprint density at radius 2 is 1.75 bits per heavy atom. The van der Waals surface area contributed by atoms with Gasteiger partial charge in [0.25, 0.3) is 5.91 Å². The third-order valence-corrected chi connectivity index (χ3v) is 7.61. The van der Waals surface area contributed by atoms with Gasteiger partial charge in [0.2, 0.25) is 10.0 Å². The van der Waals surface area contributed by atoms with E-state index in [1.54, 1.807) is 24.3 Å². The van der Waals surface area contributed by atoms with Crippen molar-refractivity contribution in [2.24, 2.45) is 0 Å². The molecule has 1 amide bonds. The molecule has 2 heterocycles. The van der Waals surface area contributed by atoms with E-state index in [1.165, 1.54) is 28.5 Å². The van der Waals surface area contributed by atoms with Gasteiger partial charge >= 0.3 is 0 Å². The number of hydrogen-bond donors (Lipinski definition) is 2. The Balaban J connectivity index is 1.67. The van der Waals surface area contributed by atoms with E-state index in [-0.39, 0.29) is 16.8 Å². The lowest BCUT2D eigenvalue weighted by atomic mass is 10.1. The zero-order valence-electron chi connectivity index (χ0n) is 16.7. The highest BCUT2D eigenvalue weighted by Gasteiger charge is 2.28. The highest BCUT2D eigenvalue weighted by atomic mass is 32.2. The summed E-state index contributed by atoms with van der Waals surface area (Å²) < 4.78 is 32.3. The van der Waals surface area contributed by atoms with Gasteiger partial charge in [-0.3, -0.25) is 4.79 Å². The second kappa shape index (κ2) is 9.82. The Bertz CT molecular complexity index is 754. The maximum Gasteiger partial charge on any atom is 0.282 e. The van der Waals surface area contributed by atoms with Crippen LogP contribution in [0.1, 0.15) is 39.0 Å². The minimum absolute atomic E-state index is 0.0588. The first kappa shape index (κ1) is 21.2. The number of amides is 1. The Labute approximate surface area is 168 Å². The summed E-state index contributed by atoms with van der Waals surface area (Å²) in [5.41, 5.74) is 0.526. The van der Waals surface area contributed by atoms with E-state index < -0.39 is 10.0 Å². The van der Waals surface area contributed by atoms with Crippen molar-refractivity contribution in [1.82, 2.24) is 4.31 Å². The number of morpholine rings is 1.